The van der Waals surface area contributed by atoms with Crippen LogP contribution in [0.5, 0.6) is 5.75 Å². The number of nitrogens with one attached hydrogen (secondary N) is 1. The largest absolute Gasteiger partial charge is 0.494 e. The summed E-state index contributed by atoms with van der Waals surface area (Å²) in [6.07, 6.45) is 3.82. The van der Waals surface area contributed by atoms with Gasteiger partial charge in [0, 0.05) is 10.5 Å². The molecule has 1 heterocycles. The molecule has 0 aliphatic rings. The summed E-state index contributed by atoms with van der Waals surface area (Å²) in [6, 6.07) is 15.9. The summed E-state index contributed by atoms with van der Waals surface area (Å²) >= 11 is 7.01. The lowest BCUT2D eigenvalue weighted by molar-refractivity contribution is 0.340. The maximum atomic E-state index is 5.47. The molecule has 1 N–H and O–H groups in total. The molecule has 1 aromatic heterocycles. The van der Waals surface area contributed by atoms with E-state index in [2.05, 4.69) is 33.7 Å². The summed E-state index contributed by atoms with van der Waals surface area (Å²) in [5.41, 5.74) is 1.91. The molecule has 25 heavy (non-hydrogen) atoms. The van der Waals surface area contributed by atoms with Gasteiger partial charge in [-0.15, -0.1) is 11.8 Å². The SMILES string of the molecule is CCOc1ccc(-c2n[nH]c(=S)n2/N=C\c2ccc(SC)cc2)cc1. The number of thioether (sulfide) groups is 1. The van der Waals surface area contributed by atoms with Crippen LogP contribution in [0.15, 0.2) is 58.5 Å². The quantitative estimate of drug-likeness (QED) is 0.391. The number of nitrogens with zero attached hydrogens (tertiary/aromatic N) is 3. The zero-order valence-electron chi connectivity index (χ0n) is 14.0. The van der Waals surface area contributed by atoms with Crippen LogP contribution >= 0.6 is 24.0 Å². The first kappa shape index (κ1) is 17.4. The van der Waals surface area contributed by atoms with E-state index in [0.29, 0.717) is 17.2 Å². The molecular formula is C18H18N4OS2. The summed E-state index contributed by atoms with van der Waals surface area (Å²) in [4.78, 5) is 1.21. The number of aromatic amines is 1. The molecular weight excluding hydrogens is 352 g/mol. The van der Waals surface area contributed by atoms with E-state index in [-0.39, 0.29) is 0 Å². The van der Waals surface area contributed by atoms with Crippen molar-refractivity contribution in [2.75, 3.05) is 12.9 Å². The maximum absolute atomic E-state index is 5.47. The van der Waals surface area contributed by atoms with E-state index >= 15 is 0 Å². The van der Waals surface area contributed by atoms with Gasteiger partial charge in [0.25, 0.3) is 0 Å². The topological polar surface area (TPSA) is 55.2 Å². The lowest BCUT2D eigenvalue weighted by Gasteiger charge is -2.04. The lowest BCUT2D eigenvalue weighted by atomic mass is 10.2. The highest BCUT2D eigenvalue weighted by Gasteiger charge is 2.08. The van der Waals surface area contributed by atoms with Crippen molar-refractivity contribution < 1.29 is 4.74 Å². The normalized spacial score (nSPS) is 11.1. The number of aromatic nitrogens is 3. The molecule has 3 aromatic rings. The molecule has 0 aliphatic carbocycles. The lowest BCUT2D eigenvalue weighted by Crippen LogP contribution is -1.96. The van der Waals surface area contributed by atoms with Crippen molar-refractivity contribution in [1.29, 1.82) is 0 Å². The Hall–Kier alpha value is -2.38. The highest BCUT2D eigenvalue weighted by Crippen LogP contribution is 2.21. The summed E-state index contributed by atoms with van der Waals surface area (Å²) in [6.45, 7) is 2.59. The fourth-order valence-electron chi connectivity index (χ4n) is 2.27. The molecule has 3 rings (SSSR count). The first-order valence-corrected chi connectivity index (χ1v) is 9.43. The van der Waals surface area contributed by atoms with Gasteiger partial charge in [-0.05, 0) is 67.4 Å². The molecule has 0 atom stereocenters. The van der Waals surface area contributed by atoms with Gasteiger partial charge in [-0.3, -0.25) is 0 Å². The highest BCUT2D eigenvalue weighted by molar-refractivity contribution is 7.98. The van der Waals surface area contributed by atoms with Gasteiger partial charge in [0.2, 0.25) is 4.77 Å². The highest BCUT2D eigenvalue weighted by atomic mass is 32.2. The van der Waals surface area contributed by atoms with Crippen LogP contribution in [0.1, 0.15) is 12.5 Å². The van der Waals surface area contributed by atoms with Crippen LogP contribution < -0.4 is 4.74 Å². The van der Waals surface area contributed by atoms with E-state index in [1.807, 2.05) is 43.3 Å². The van der Waals surface area contributed by atoms with E-state index in [0.717, 1.165) is 16.9 Å². The van der Waals surface area contributed by atoms with E-state index in [9.17, 15) is 0 Å². The Kier molecular flexibility index (Phi) is 5.67. The summed E-state index contributed by atoms with van der Waals surface area (Å²) in [5, 5.41) is 11.6. The van der Waals surface area contributed by atoms with Gasteiger partial charge in [0.05, 0.1) is 12.8 Å². The van der Waals surface area contributed by atoms with E-state index in [1.54, 1.807) is 22.7 Å². The minimum Gasteiger partial charge on any atom is -0.494 e. The van der Waals surface area contributed by atoms with Crippen LogP contribution in [0.25, 0.3) is 11.4 Å². The fraction of sp³-hybridized carbons (Fsp3) is 0.167. The maximum Gasteiger partial charge on any atom is 0.216 e. The Balaban J connectivity index is 1.88. The van der Waals surface area contributed by atoms with Gasteiger partial charge >= 0.3 is 0 Å². The average Bonchev–Trinajstić information content (AvgIpc) is 3.02. The molecule has 5 nitrogen and oxygen atoms in total. The molecule has 128 valence electrons. The van der Waals surface area contributed by atoms with Gasteiger partial charge in [-0.2, -0.15) is 14.9 Å². The molecule has 0 aliphatic heterocycles. The van der Waals surface area contributed by atoms with E-state index < -0.39 is 0 Å². The van der Waals surface area contributed by atoms with E-state index in [1.165, 1.54) is 4.90 Å². The first-order valence-electron chi connectivity index (χ1n) is 7.80. The monoisotopic (exact) mass is 370 g/mol. The Morgan fingerprint density at radius 2 is 1.92 bits per heavy atom. The molecule has 0 radical (unpaired) electrons. The van der Waals surface area contributed by atoms with Gasteiger partial charge in [0.15, 0.2) is 5.82 Å². The molecule has 0 amide bonds. The van der Waals surface area contributed by atoms with E-state index in [4.69, 9.17) is 17.0 Å². The van der Waals surface area contributed by atoms with Crippen LogP contribution in [0, 0.1) is 4.77 Å². The van der Waals surface area contributed by atoms with Gasteiger partial charge in [-0.1, -0.05) is 12.1 Å². The second kappa shape index (κ2) is 8.13. The summed E-state index contributed by atoms with van der Waals surface area (Å²) in [7, 11) is 0. The average molecular weight is 371 g/mol. The predicted octanol–water partition coefficient (Wildman–Crippen LogP) is 4.61. The third-order valence-corrected chi connectivity index (χ3v) is 4.52. The van der Waals surface area contributed by atoms with Crippen molar-refractivity contribution in [3.8, 4) is 17.1 Å². The number of ether oxygens (including phenoxy) is 1. The number of rotatable bonds is 6. The number of hydrogen-bond acceptors (Lipinski definition) is 5. The fourth-order valence-corrected chi connectivity index (χ4v) is 2.85. The molecule has 0 bridgehead atoms. The van der Waals surface area contributed by atoms with Crippen molar-refractivity contribution >= 4 is 30.2 Å². The zero-order valence-corrected chi connectivity index (χ0v) is 15.6. The van der Waals surface area contributed by atoms with Crippen molar-refractivity contribution in [2.24, 2.45) is 5.10 Å². The Morgan fingerprint density at radius 1 is 1.20 bits per heavy atom. The molecule has 0 saturated heterocycles. The zero-order chi connectivity index (χ0) is 17.6. The predicted molar refractivity (Wildman–Crippen MR) is 105 cm³/mol. The molecule has 0 unspecified atom stereocenters. The standard InChI is InChI=1S/C18H18N4OS2/c1-3-23-15-8-6-14(7-9-15)17-20-21-18(24)22(17)19-12-13-4-10-16(25-2)11-5-13/h4-12H,3H2,1-2H3,(H,21,24)/b19-12-. The van der Waals surface area contributed by atoms with Gasteiger partial charge < -0.3 is 4.74 Å². The van der Waals surface area contributed by atoms with Crippen molar-refractivity contribution in [2.45, 2.75) is 11.8 Å². The third kappa shape index (κ3) is 4.18. The summed E-state index contributed by atoms with van der Waals surface area (Å²) < 4.78 is 7.53. The second-order valence-electron chi connectivity index (χ2n) is 5.14. The van der Waals surface area contributed by atoms with Crippen LogP contribution in [0.4, 0.5) is 0 Å². The summed E-state index contributed by atoms with van der Waals surface area (Å²) in [5.74, 6) is 1.48. The van der Waals surface area contributed by atoms with Crippen LogP contribution in [0.2, 0.25) is 0 Å². The van der Waals surface area contributed by atoms with Gasteiger partial charge in [0.1, 0.15) is 5.75 Å². The Morgan fingerprint density at radius 3 is 2.56 bits per heavy atom. The smallest absolute Gasteiger partial charge is 0.216 e. The van der Waals surface area contributed by atoms with Crippen molar-refractivity contribution in [3.63, 3.8) is 0 Å². The number of H-pyrrole nitrogens is 1. The third-order valence-electron chi connectivity index (χ3n) is 3.51. The molecule has 0 fully saturated rings. The van der Waals surface area contributed by atoms with Crippen LogP contribution in [0.3, 0.4) is 0 Å². The van der Waals surface area contributed by atoms with Crippen LogP contribution in [-0.4, -0.2) is 34.0 Å². The van der Waals surface area contributed by atoms with Gasteiger partial charge in [-0.25, -0.2) is 5.10 Å². The molecule has 0 spiro atoms. The number of hydrogen-bond donors (Lipinski definition) is 1. The Bertz CT molecular complexity index is 911. The second-order valence-corrected chi connectivity index (χ2v) is 6.41. The van der Waals surface area contributed by atoms with Crippen molar-refractivity contribution in [1.82, 2.24) is 14.9 Å². The Labute approximate surface area is 155 Å². The van der Waals surface area contributed by atoms with Crippen molar-refractivity contribution in [3.05, 3.63) is 58.9 Å². The molecule has 2 aromatic carbocycles. The van der Waals surface area contributed by atoms with Crippen LogP contribution in [-0.2, 0) is 0 Å². The first-order chi connectivity index (χ1) is 12.2. The molecule has 7 heteroatoms. The minimum absolute atomic E-state index is 0.445. The minimum atomic E-state index is 0.445. The molecule has 0 saturated carbocycles. The number of benzene rings is 2.